The first kappa shape index (κ1) is 11.0. The molecule has 16 heavy (non-hydrogen) atoms. The van der Waals surface area contributed by atoms with E-state index in [-0.39, 0.29) is 11.7 Å². The fourth-order valence-corrected chi connectivity index (χ4v) is 2.71. The highest BCUT2D eigenvalue weighted by Crippen LogP contribution is 2.41. The largest absolute Gasteiger partial charge is 0.396 e. The van der Waals surface area contributed by atoms with E-state index in [4.69, 9.17) is 11.0 Å². The number of ketones is 1. The van der Waals surface area contributed by atoms with Crippen LogP contribution >= 0.6 is 11.3 Å². The molecule has 5 heteroatoms. The fourth-order valence-electron chi connectivity index (χ4n) is 1.55. The van der Waals surface area contributed by atoms with Crippen molar-refractivity contribution >= 4 is 27.8 Å². The summed E-state index contributed by atoms with van der Waals surface area (Å²) >= 11 is 1.30. The Morgan fingerprint density at radius 2 is 2.38 bits per heavy atom. The van der Waals surface area contributed by atoms with Gasteiger partial charge in [0.15, 0.2) is 5.78 Å². The molecule has 1 saturated carbocycles. The average Bonchev–Trinajstić information content (AvgIpc) is 3.05. The molecule has 1 aliphatic rings. The highest BCUT2D eigenvalue weighted by atomic mass is 32.1. The van der Waals surface area contributed by atoms with E-state index in [0.29, 0.717) is 27.7 Å². The van der Waals surface area contributed by atoms with E-state index >= 15 is 0 Å². The summed E-state index contributed by atoms with van der Waals surface area (Å²) in [6.07, 6.45) is 1.91. The lowest BCUT2D eigenvalue weighted by atomic mass is 10.1. The van der Waals surface area contributed by atoms with Crippen LogP contribution in [0.5, 0.6) is 0 Å². The number of carbonyl (C=O) groups is 1. The van der Waals surface area contributed by atoms with Crippen LogP contribution in [0.25, 0.3) is 0 Å². The topological polar surface area (TPSA) is 78.9 Å². The predicted octanol–water partition coefficient (Wildman–Crippen LogP) is 2.23. The van der Waals surface area contributed by atoms with E-state index in [2.05, 4.69) is 11.4 Å². The normalized spacial score (nSPS) is 14.5. The van der Waals surface area contributed by atoms with Crippen LogP contribution in [0.4, 0.5) is 10.7 Å². The van der Waals surface area contributed by atoms with Gasteiger partial charge >= 0.3 is 0 Å². The summed E-state index contributed by atoms with van der Waals surface area (Å²) in [5, 5.41) is 12.8. The Labute approximate surface area is 98.1 Å². The average molecular weight is 235 g/mol. The van der Waals surface area contributed by atoms with Crippen LogP contribution in [-0.4, -0.2) is 12.3 Å². The molecule has 4 nitrogen and oxygen atoms in total. The third-order valence-electron chi connectivity index (χ3n) is 2.57. The standard InChI is InChI=1S/C11H13N3OS/c1-2-14-11-7(5-12)8(13)10(16-11)9(15)6-3-4-6/h6,14H,2-4,13H2,1H3. The first-order valence-corrected chi connectivity index (χ1v) is 6.11. The Hall–Kier alpha value is -1.54. The third kappa shape index (κ3) is 1.76. The molecule has 0 aromatic carbocycles. The summed E-state index contributed by atoms with van der Waals surface area (Å²) in [5.74, 6) is 0.241. The molecule has 1 fully saturated rings. The number of Topliss-reactive ketones (excluding diaryl/α,β-unsaturated/α-hetero) is 1. The van der Waals surface area contributed by atoms with Gasteiger partial charge in [0.25, 0.3) is 0 Å². The van der Waals surface area contributed by atoms with Gasteiger partial charge in [0.1, 0.15) is 16.6 Å². The molecule has 1 aromatic heterocycles. The SMILES string of the molecule is CCNc1sc(C(=O)C2CC2)c(N)c1C#N. The van der Waals surface area contributed by atoms with Crippen molar-refractivity contribution in [3.05, 3.63) is 10.4 Å². The van der Waals surface area contributed by atoms with Crippen LogP contribution in [0.1, 0.15) is 35.0 Å². The van der Waals surface area contributed by atoms with Crippen molar-refractivity contribution in [2.45, 2.75) is 19.8 Å². The molecule has 1 aliphatic carbocycles. The van der Waals surface area contributed by atoms with Crippen molar-refractivity contribution in [3.8, 4) is 6.07 Å². The Morgan fingerprint density at radius 3 is 2.88 bits per heavy atom. The molecule has 0 aliphatic heterocycles. The molecule has 0 radical (unpaired) electrons. The molecule has 0 spiro atoms. The van der Waals surface area contributed by atoms with Crippen LogP contribution in [0.2, 0.25) is 0 Å². The van der Waals surface area contributed by atoms with Crippen molar-refractivity contribution in [1.82, 2.24) is 0 Å². The molecule has 0 amide bonds. The number of hydrogen-bond acceptors (Lipinski definition) is 5. The van der Waals surface area contributed by atoms with E-state index < -0.39 is 0 Å². The third-order valence-corrected chi connectivity index (χ3v) is 3.74. The van der Waals surface area contributed by atoms with E-state index in [1.807, 2.05) is 6.92 Å². The van der Waals surface area contributed by atoms with Crippen molar-refractivity contribution in [2.24, 2.45) is 5.92 Å². The van der Waals surface area contributed by atoms with Crippen molar-refractivity contribution < 1.29 is 4.79 Å². The van der Waals surface area contributed by atoms with Gasteiger partial charge in [0.2, 0.25) is 0 Å². The van der Waals surface area contributed by atoms with Gasteiger partial charge in [-0.05, 0) is 19.8 Å². The van der Waals surface area contributed by atoms with Crippen LogP contribution in [0, 0.1) is 17.2 Å². The van der Waals surface area contributed by atoms with E-state index in [0.717, 1.165) is 12.8 Å². The van der Waals surface area contributed by atoms with Gasteiger partial charge < -0.3 is 11.1 Å². The second-order valence-electron chi connectivity index (χ2n) is 3.83. The zero-order valence-corrected chi connectivity index (χ0v) is 9.86. The maximum Gasteiger partial charge on any atom is 0.178 e. The van der Waals surface area contributed by atoms with Gasteiger partial charge in [-0.25, -0.2) is 0 Å². The minimum absolute atomic E-state index is 0.100. The van der Waals surface area contributed by atoms with Gasteiger partial charge in [-0.3, -0.25) is 4.79 Å². The lowest BCUT2D eigenvalue weighted by Crippen LogP contribution is -2.02. The number of nitrogens with one attached hydrogen (secondary N) is 1. The Morgan fingerprint density at radius 1 is 1.69 bits per heavy atom. The molecular weight excluding hydrogens is 222 g/mol. The van der Waals surface area contributed by atoms with Gasteiger partial charge in [-0.15, -0.1) is 11.3 Å². The Bertz CT molecular complexity index is 468. The van der Waals surface area contributed by atoms with Crippen molar-refractivity contribution in [1.29, 1.82) is 5.26 Å². The molecule has 1 heterocycles. The van der Waals surface area contributed by atoms with Crippen LogP contribution in [-0.2, 0) is 0 Å². The monoisotopic (exact) mass is 235 g/mol. The Kier molecular flexibility index (Phi) is 2.84. The summed E-state index contributed by atoms with van der Waals surface area (Å²) < 4.78 is 0. The molecule has 0 saturated heterocycles. The number of rotatable bonds is 4. The maximum absolute atomic E-state index is 11.9. The first-order valence-electron chi connectivity index (χ1n) is 5.29. The van der Waals surface area contributed by atoms with Crippen LogP contribution in [0.3, 0.4) is 0 Å². The van der Waals surface area contributed by atoms with Gasteiger partial charge in [0, 0.05) is 12.5 Å². The summed E-state index contributed by atoms with van der Waals surface area (Å²) in [5.41, 5.74) is 6.60. The number of thiophene rings is 1. The molecule has 1 aromatic rings. The zero-order chi connectivity index (χ0) is 11.7. The first-order chi connectivity index (χ1) is 7.69. The van der Waals surface area contributed by atoms with Gasteiger partial charge in [-0.1, -0.05) is 0 Å². The minimum Gasteiger partial charge on any atom is -0.396 e. The predicted molar refractivity (Wildman–Crippen MR) is 64.7 cm³/mol. The maximum atomic E-state index is 11.9. The number of nitrogens with two attached hydrogens (primary N) is 1. The van der Waals surface area contributed by atoms with Crippen molar-refractivity contribution in [3.63, 3.8) is 0 Å². The Balaban J connectivity index is 2.39. The number of hydrogen-bond donors (Lipinski definition) is 2. The lowest BCUT2D eigenvalue weighted by molar-refractivity contribution is 0.0972. The molecular formula is C11H13N3OS. The highest BCUT2D eigenvalue weighted by Gasteiger charge is 2.34. The van der Waals surface area contributed by atoms with E-state index in [9.17, 15) is 4.79 Å². The fraction of sp³-hybridized carbons (Fsp3) is 0.455. The number of nitriles is 1. The van der Waals surface area contributed by atoms with E-state index in [1.54, 1.807) is 0 Å². The number of nitrogen functional groups attached to an aromatic ring is 1. The molecule has 0 unspecified atom stereocenters. The molecule has 84 valence electrons. The smallest absolute Gasteiger partial charge is 0.178 e. The summed E-state index contributed by atoms with van der Waals surface area (Å²) in [6, 6.07) is 2.05. The second-order valence-corrected chi connectivity index (χ2v) is 4.85. The molecule has 3 N–H and O–H groups in total. The van der Waals surface area contributed by atoms with Gasteiger partial charge in [0.05, 0.1) is 10.6 Å². The number of carbonyl (C=O) groups excluding carboxylic acids is 1. The quantitative estimate of drug-likeness (QED) is 0.784. The van der Waals surface area contributed by atoms with Crippen LogP contribution in [0.15, 0.2) is 0 Å². The summed E-state index contributed by atoms with van der Waals surface area (Å²) in [6.45, 7) is 2.66. The summed E-state index contributed by atoms with van der Waals surface area (Å²) in [7, 11) is 0. The number of nitrogens with zero attached hydrogens (tertiary/aromatic N) is 1. The van der Waals surface area contributed by atoms with Gasteiger partial charge in [-0.2, -0.15) is 5.26 Å². The lowest BCUT2D eigenvalue weighted by Gasteiger charge is -1.97. The minimum atomic E-state index is 0.100. The van der Waals surface area contributed by atoms with Crippen LogP contribution < -0.4 is 11.1 Å². The van der Waals surface area contributed by atoms with Crippen molar-refractivity contribution in [2.75, 3.05) is 17.6 Å². The number of anilines is 2. The molecule has 0 atom stereocenters. The molecule has 0 bridgehead atoms. The second kappa shape index (κ2) is 4.14. The zero-order valence-electron chi connectivity index (χ0n) is 9.04. The molecule has 2 rings (SSSR count). The van der Waals surface area contributed by atoms with E-state index in [1.165, 1.54) is 11.3 Å². The highest BCUT2D eigenvalue weighted by molar-refractivity contribution is 7.19. The summed E-state index contributed by atoms with van der Waals surface area (Å²) in [4.78, 5) is 12.5.